The number of imide groups is 1. The maximum Gasteiger partial charge on any atom is 0.338 e. The number of hydrogen-bond donors (Lipinski definition) is 1. The molecular formula is C19H20N2O5. The Bertz CT molecular complexity index is 780. The van der Waals surface area contributed by atoms with Gasteiger partial charge in [-0.15, -0.1) is 6.58 Å². The second kappa shape index (κ2) is 7.51. The Morgan fingerprint density at radius 1 is 1.19 bits per heavy atom. The lowest BCUT2D eigenvalue weighted by Crippen LogP contribution is -2.35. The van der Waals surface area contributed by atoms with Crippen molar-refractivity contribution in [3.63, 3.8) is 0 Å². The van der Waals surface area contributed by atoms with E-state index in [1.807, 2.05) is 0 Å². The van der Waals surface area contributed by atoms with Crippen molar-refractivity contribution in [3.05, 3.63) is 47.5 Å². The van der Waals surface area contributed by atoms with Gasteiger partial charge in [0.2, 0.25) is 0 Å². The molecule has 1 aromatic carbocycles. The van der Waals surface area contributed by atoms with Gasteiger partial charge in [0.25, 0.3) is 17.7 Å². The van der Waals surface area contributed by atoms with Crippen molar-refractivity contribution in [2.75, 3.05) is 13.2 Å². The summed E-state index contributed by atoms with van der Waals surface area (Å²) in [4.78, 5) is 49.5. The number of carbonyl (C=O) groups is 4. The molecule has 0 atom stereocenters. The first-order chi connectivity index (χ1) is 12.5. The summed E-state index contributed by atoms with van der Waals surface area (Å²) in [5.41, 5.74) is 0.521. The van der Waals surface area contributed by atoms with Gasteiger partial charge in [-0.05, 0) is 31.0 Å². The van der Waals surface area contributed by atoms with Crippen LogP contribution in [0.5, 0.6) is 0 Å². The predicted molar refractivity (Wildman–Crippen MR) is 92.7 cm³/mol. The molecule has 1 heterocycles. The minimum absolute atomic E-state index is 0.105. The van der Waals surface area contributed by atoms with Crippen molar-refractivity contribution in [2.24, 2.45) is 0 Å². The molecule has 7 heteroatoms. The highest BCUT2D eigenvalue weighted by atomic mass is 16.5. The molecule has 136 valence electrons. The second-order valence-corrected chi connectivity index (χ2v) is 6.39. The van der Waals surface area contributed by atoms with Gasteiger partial charge in [-0.3, -0.25) is 19.3 Å². The molecule has 3 amide bonds. The molecule has 7 nitrogen and oxygen atoms in total. The van der Waals surface area contributed by atoms with Crippen molar-refractivity contribution in [1.29, 1.82) is 0 Å². The molecule has 0 aromatic heterocycles. The van der Waals surface area contributed by atoms with Gasteiger partial charge in [-0.2, -0.15) is 0 Å². The first kappa shape index (κ1) is 17.8. The summed E-state index contributed by atoms with van der Waals surface area (Å²) in [6, 6.07) is 4.32. The molecule has 1 N–H and O–H groups in total. The van der Waals surface area contributed by atoms with Crippen LogP contribution >= 0.6 is 0 Å². The molecule has 0 bridgehead atoms. The van der Waals surface area contributed by atoms with Gasteiger partial charge in [0.05, 0.1) is 16.7 Å². The Balaban J connectivity index is 1.62. The van der Waals surface area contributed by atoms with Crippen LogP contribution in [0.4, 0.5) is 0 Å². The van der Waals surface area contributed by atoms with Gasteiger partial charge in [0.1, 0.15) is 0 Å². The SMILES string of the molecule is C=CCN1C(=O)c2ccc(C(=O)OCC(=O)NC3CCCC3)cc2C1=O. The number of hydrogen-bond acceptors (Lipinski definition) is 5. The van der Waals surface area contributed by atoms with Crippen LogP contribution in [0.25, 0.3) is 0 Å². The zero-order valence-electron chi connectivity index (χ0n) is 14.3. The van der Waals surface area contributed by atoms with Gasteiger partial charge in [-0.1, -0.05) is 18.9 Å². The maximum atomic E-state index is 12.3. The van der Waals surface area contributed by atoms with Gasteiger partial charge < -0.3 is 10.1 Å². The van der Waals surface area contributed by atoms with Crippen LogP contribution in [0.2, 0.25) is 0 Å². The summed E-state index contributed by atoms with van der Waals surface area (Å²) in [6.07, 6.45) is 5.54. The van der Waals surface area contributed by atoms with E-state index in [1.165, 1.54) is 24.3 Å². The number of amides is 3. The van der Waals surface area contributed by atoms with Crippen LogP contribution < -0.4 is 5.32 Å². The lowest BCUT2D eigenvalue weighted by Gasteiger charge is -2.12. The van der Waals surface area contributed by atoms with E-state index < -0.39 is 17.8 Å². The highest BCUT2D eigenvalue weighted by Crippen LogP contribution is 2.24. The fraction of sp³-hybridized carbons (Fsp3) is 0.368. The Labute approximate surface area is 151 Å². The van der Waals surface area contributed by atoms with Gasteiger partial charge in [0, 0.05) is 12.6 Å². The Kier molecular flexibility index (Phi) is 5.16. The standard InChI is InChI=1S/C19H20N2O5/c1-2-9-21-17(23)14-8-7-12(10-15(14)18(21)24)19(25)26-11-16(22)20-13-5-3-4-6-13/h2,7-8,10,13H,1,3-6,9,11H2,(H,20,22). The summed E-state index contributed by atoms with van der Waals surface area (Å²) < 4.78 is 5.02. The molecule has 0 radical (unpaired) electrons. The van der Waals surface area contributed by atoms with E-state index in [-0.39, 0.29) is 41.8 Å². The molecule has 1 saturated carbocycles. The van der Waals surface area contributed by atoms with Crippen LogP contribution in [0, 0.1) is 0 Å². The molecule has 1 aliphatic carbocycles. The Hall–Kier alpha value is -2.96. The lowest BCUT2D eigenvalue weighted by molar-refractivity contribution is -0.124. The van der Waals surface area contributed by atoms with Gasteiger partial charge in [0.15, 0.2) is 6.61 Å². The fourth-order valence-electron chi connectivity index (χ4n) is 3.27. The highest BCUT2D eigenvalue weighted by Gasteiger charge is 2.35. The van der Waals surface area contributed by atoms with Crippen molar-refractivity contribution in [3.8, 4) is 0 Å². The van der Waals surface area contributed by atoms with Crippen molar-refractivity contribution in [1.82, 2.24) is 10.2 Å². The lowest BCUT2D eigenvalue weighted by atomic mass is 10.1. The number of carbonyl (C=O) groups excluding carboxylic acids is 4. The number of esters is 1. The smallest absolute Gasteiger partial charge is 0.338 e. The van der Waals surface area contributed by atoms with Crippen molar-refractivity contribution >= 4 is 23.7 Å². The monoisotopic (exact) mass is 356 g/mol. The van der Waals surface area contributed by atoms with E-state index in [0.717, 1.165) is 30.6 Å². The van der Waals surface area contributed by atoms with E-state index in [1.54, 1.807) is 0 Å². The molecular weight excluding hydrogens is 336 g/mol. The highest BCUT2D eigenvalue weighted by molar-refractivity contribution is 6.22. The van der Waals surface area contributed by atoms with E-state index in [9.17, 15) is 19.2 Å². The number of rotatable bonds is 6. The molecule has 1 aliphatic heterocycles. The molecule has 0 saturated heterocycles. The van der Waals surface area contributed by atoms with Gasteiger partial charge >= 0.3 is 5.97 Å². The normalized spacial score (nSPS) is 16.5. The fourth-order valence-corrected chi connectivity index (χ4v) is 3.27. The van der Waals surface area contributed by atoms with Crippen LogP contribution in [-0.2, 0) is 9.53 Å². The minimum Gasteiger partial charge on any atom is -0.452 e. The maximum absolute atomic E-state index is 12.3. The minimum atomic E-state index is -0.711. The number of nitrogens with one attached hydrogen (secondary N) is 1. The van der Waals surface area contributed by atoms with E-state index in [0.29, 0.717) is 0 Å². The summed E-state index contributed by atoms with van der Waals surface area (Å²) in [5.74, 6) is -1.94. The number of ether oxygens (including phenoxy) is 1. The largest absolute Gasteiger partial charge is 0.452 e. The first-order valence-electron chi connectivity index (χ1n) is 8.59. The first-order valence-corrected chi connectivity index (χ1v) is 8.59. The van der Waals surface area contributed by atoms with Crippen LogP contribution in [0.1, 0.15) is 56.8 Å². The average Bonchev–Trinajstić information content (AvgIpc) is 3.22. The third-order valence-corrected chi connectivity index (χ3v) is 4.57. The third kappa shape index (κ3) is 3.51. The van der Waals surface area contributed by atoms with Crippen LogP contribution in [0.15, 0.2) is 30.9 Å². The zero-order valence-corrected chi connectivity index (χ0v) is 14.3. The third-order valence-electron chi connectivity index (χ3n) is 4.57. The molecule has 0 unspecified atom stereocenters. The van der Waals surface area contributed by atoms with Crippen molar-refractivity contribution < 1.29 is 23.9 Å². The predicted octanol–water partition coefficient (Wildman–Crippen LogP) is 1.68. The molecule has 0 spiro atoms. The summed E-state index contributed by atoms with van der Waals surface area (Å²) in [5, 5.41) is 2.83. The number of benzene rings is 1. The molecule has 1 aromatic rings. The summed E-state index contributed by atoms with van der Waals surface area (Å²) in [6.45, 7) is 3.25. The second-order valence-electron chi connectivity index (χ2n) is 6.39. The van der Waals surface area contributed by atoms with Gasteiger partial charge in [-0.25, -0.2) is 4.79 Å². The number of fused-ring (bicyclic) bond motifs is 1. The van der Waals surface area contributed by atoms with Crippen LogP contribution in [0.3, 0.4) is 0 Å². The Morgan fingerprint density at radius 2 is 1.88 bits per heavy atom. The molecule has 26 heavy (non-hydrogen) atoms. The summed E-state index contributed by atoms with van der Waals surface area (Å²) >= 11 is 0. The molecule has 1 fully saturated rings. The average molecular weight is 356 g/mol. The van der Waals surface area contributed by atoms with E-state index in [2.05, 4.69) is 11.9 Å². The zero-order chi connectivity index (χ0) is 18.7. The molecule has 2 aliphatic rings. The quantitative estimate of drug-likeness (QED) is 0.476. The van der Waals surface area contributed by atoms with Crippen LogP contribution in [-0.4, -0.2) is 47.8 Å². The van der Waals surface area contributed by atoms with E-state index >= 15 is 0 Å². The topological polar surface area (TPSA) is 92.8 Å². The van der Waals surface area contributed by atoms with Crippen molar-refractivity contribution in [2.45, 2.75) is 31.7 Å². The van der Waals surface area contributed by atoms with E-state index in [4.69, 9.17) is 4.74 Å². The Morgan fingerprint density at radius 3 is 2.58 bits per heavy atom. The number of nitrogens with zero attached hydrogens (tertiary/aromatic N) is 1. The molecule has 3 rings (SSSR count). The summed E-state index contributed by atoms with van der Waals surface area (Å²) in [7, 11) is 0.